The highest BCUT2D eigenvalue weighted by atomic mass is 19.4. The number of benzene rings is 2. The number of urea groups is 2. The van der Waals surface area contributed by atoms with Crippen LogP contribution in [0.4, 0.5) is 71.9 Å². The second-order valence-corrected chi connectivity index (χ2v) is 18.2. The minimum absolute atomic E-state index is 0.0189. The number of halogens is 9. The lowest BCUT2D eigenvalue weighted by Crippen LogP contribution is -2.57. The second-order valence-electron chi connectivity index (χ2n) is 18.2. The third-order valence-electron chi connectivity index (χ3n) is 11.8. The Kier molecular flexibility index (Phi) is 19.1. The lowest BCUT2D eigenvalue weighted by atomic mass is 10.0. The predicted octanol–water partition coefficient (Wildman–Crippen LogP) is 5.95. The predicted molar refractivity (Wildman–Crippen MR) is 258 cm³/mol. The Bertz CT molecular complexity index is 2970. The highest BCUT2D eigenvalue weighted by Gasteiger charge is 2.54. The van der Waals surface area contributed by atoms with Gasteiger partial charge in [-0.25, -0.2) is 29.0 Å². The number of methoxy groups -OCH3 is 1. The van der Waals surface area contributed by atoms with Gasteiger partial charge < -0.3 is 39.5 Å². The van der Waals surface area contributed by atoms with Gasteiger partial charge in [-0.3, -0.25) is 44.3 Å². The molecule has 432 valence electrons. The fourth-order valence-corrected chi connectivity index (χ4v) is 7.73. The molecule has 4 aromatic rings. The van der Waals surface area contributed by atoms with Crippen LogP contribution in [0.15, 0.2) is 85.5 Å². The first-order chi connectivity index (χ1) is 37.1. The molecule has 0 bridgehead atoms. The number of rotatable bonds is 20. The number of imide groups is 2. The van der Waals surface area contributed by atoms with Gasteiger partial charge >= 0.3 is 42.9 Å². The molecule has 6 rings (SSSR count). The van der Waals surface area contributed by atoms with Crippen molar-refractivity contribution < 1.29 is 102 Å². The quantitative estimate of drug-likeness (QED) is 0.0452. The molecule has 0 saturated carbocycles. The normalized spacial score (nSPS) is 15.7. The van der Waals surface area contributed by atoms with Crippen LogP contribution in [0.1, 0.15) is 38.8 Å². The third-order valence-corrected chi connectivity index (χ3v) is 11.8. The Morgan fingerprint density at radius 3 is 1.55 bits per heavy atom. The van der Waals surface area contributed by atoms with E-state index in [1.165, 1.54) is 81.3 Å². The number of aromatic nitrogens is 2. The monoisotopic (exact) mass is 1140 g/mol. The van der Waals surface area contributed by atoms with E-state index in [4.69, 9.17) is 14.6 Å². The number of nitrogens with zero attached hydrogens (tertiary/aromatic N) is 8. The van der Waals surface area contributed by atoms with Crippen LogP contribution in [0.3, 0.4) is 0 Å². The van der Waals surface area contributed by atoms with Gasteiger partial charge in [-0.05, 0) is 107 Å². The van der Waals surface area contributed by atoms with Gasteiger partial charge in [0.05, 0.1) is 42.4 Å². The Morgan fingerprint density at radius 1 is 0.688 bits per heavy atom. The molecular weight excluding hydrogens is 1100 g/mol. The summed E-state index contributed by atoms with van der Waals surface area (Å²) in [6.07, 6.45) is -12.6. The van der Waals surface area contributed by atoms with E-state index in [1.807, 2.05) is 0 Å². The third kappa shape index (κ3) is 15.1. The number of carboxylic acids is 2. The van der Waals surface area contributed by atoms with Crippen LogP contribution in [0, 0.1) is 0 Å². The zero-order chi connectivity index (χ0) is 59.9. The molecule has 1 atom stereocenters. The Balaban J connectivity index is 0.00000157. The summed E-state index contributed by atoms with van der Waals surface area (Å²) < 4.78 is 129. The van der Waals surface area contributed by atoms with Crippen molar-refractivity contribution in [2.75, 3.05) is 60.4 Å². The summed E-state index contributed by atoms with van der Waals surface area (Å²) in [4.78, 5) is 119. The maximum Gasteiger partial charge on any atom is 0.573 e. The molecule has 0 aliphatic carbocycles. The van der Waals surface area contributed by atoms with Crippen molar-refractivity contribution in [3.05, 3.63) is 96.6 Å². The number of ether oxygens (including phenoxy) is 3. The van der Waals surface area contributed by atoms with Crippen LogP contribution in [-0.4, -0.2) is 159 Å². The molecule has 0 radical (unpaired) electrons. The molecule has 80 heavy (non-hydrogen) atoms. The zero-order valence-electron chi connectivity index (χ0n) is 42.8. The molecule has 2 aromatic carbocycles. The summed E-state index contributed by atoms with van der Waals surface area (Å²) in [7, 11) is 2.72. The SMILES string of the molecule is COCCN(C)CC(=O)N(c1cc(N2C(=O)N(Cc3ccncc3)C(C)(C)C2=O)ccc1OC(F)(F)F)C(NCC(=O)Nc1cc(N2C(=O)N(Cc3ccncc3)C(C)(C)C2=O)ccc1OC(F)(F)F)C(=O)O.O=C(O)C(F)(F)F. The van der Waals surface area contributed by atoms with Crippen LogP contribution in [0.5, 0.6) is 11.5 Å². The maximum absolute atomic E-state index is 14.4. The fraction of sp³-hybridized carbons (Fsp3) is 0.375. The van der Waals surface area contributed by atoms with E-state index in [2.05, 4.69) is 30.1 Å². The second kappa shape index (κ2) is 24.6. The minimum Gasteiger partial charge on any atom is -0.479 e. The molecule has 2 aromatic heterocycles. The van der Waals surface area contributed by atoms with Crippen LogP contribution in [-0.2, 0) is 46.6 Å². The molecule has 4 N–H and O–H groups in total. The van der Waals surface area contributed by atoms with Crippen LogP contribution in [0.2, 0.25) is 0 Å². The molecule has 1 unspecified atom stereocenters. The molecule has 2 aliphatic rings. The number of likely N-dealkylation sites (N-methyl/N-ethyl adjacent to an activating group) is 1. The Labute approximate surface area is 447 Å². The number of amides is 8. The molecule has 2 saturated heterocycles. The van der Waals surface area contributed by atoms with Gasteiger partial charge in [-0.15, -0.1) is 26.3 Å². The number of anilines is 4. The number of carbonyl (C=O) groups excluding carboxylic acids is 6. The summed E-state index contributed by atoms with van der Waals surface area (Å²) >= 11 is 0. The highest BCUT2D eigenvalue weighted by Crippen LogP contribution is 2.42. The van der Waals surface area contributed by atoms with Crippen LogP contribution < -0.4 is 34.8 Å². The molecule has 0 spiro atoms. The lowest BCUT2D eigenvalue weighted by molar-refractivity contribution is -0.275. The van der Waals surface area contributed by atoms with E-state index in [0.717, 1.165) is 24.3 Å². The highest BCUT2D eigenvalue weighted by molar-refractivity contribution is 6.24. The van der Waals surface area contributed by atoms with Gasteiger partial charge in [0, 0.05) is 51.5 Å². The number of hydrogen-bond acceptors (Lipinski definition) is 15. The molecule has 23 nitrogen and oxygen atoms in total. The van der Waals surface area contributed by atoms with Gasteiger partial charge in [-0.1, -0.05) is 0 Å². The zero-order valence-corrected chi connectivity index (χ0v) is 42.8. The minimum atomic E-state index is -5.49. The van der Waals surface area contributed by atoms with E-state index in [0.29, 0.717) is 33.1 Å². The van der Waals surface area contributed by atoms with Crippen molar-refractivity contribution in [2.24, 2.45) is 0 Å². The van der Waals surface area contributed by atoms with Gasteiger partial charge in [-0.2, -0.15) is 13.2 Å². The maximum atomic E-state index is 14.4. The van der Waals surface area contributed by atoms with Crippen molar-refractivity contribution in [1.29, 1.82) is 0 Å². The molecule has 8 amide bonds. The summed E-state index contributed by atoms with van der Waals surface area (Å²) in [5, 5.41) is 22.1. The average Bonchev–Trinajstić information content (AvgIpc) is 3.70. The van der Waals surface area contributed by atoms with E-state index in [-0.39, 0.29) is 36.8 Å². The van der Waals surface area contributed by atoms with Crippen LogP contribution in [0.25, 0.3) is 0 Å². The number of carbonyl (C=O) groups is 8. The van der Waals surface area contributed by atoms with Crippen molar-refractivity contribution in [2.45, 2.75) is 76.9 Å². The van der Waals surface area contributed by atoms with Gasteiger partial charge in [0.2, 0.25) is 11.8 Å². The van der Waals surface area contributed by atoms with Crippen molar-refractivity contribution in [3.63, 3.8) is 0 Å². The van der Waals surface area contributed by atoms with E-state index in [1.54, 1.807) is 24.3 Å². The standard InChI is InChI=1S/C46H48F6N10O11.C2HF3O2/c1-43(2)39(67)60(41(69)58(43)24-27-11-15-53-16-12-27)29-7-9-33(72-45(47,48)49)31(21-29)56-35(63)23-55-37(38(65)66)62(36(64)26-57(5)19-20-71-6)32-22-30(8-10-34(32)73-46(50,51)52)61-40(68)44(3,4)59(42(61)70)25-28-13-17-54-18-14-28;3-2(4,5)1(6)7/h7-18,21-22,37,55H,19-20,23-26H2,1-6H3,(H,56,63)(H,65,66);(H,6,7). The van der Waals surface area contributed by atoms with E-state index >= 15 is 0 Å². The molecule has 2 aliphatic heterocycles. The van der Waals surface area contributed by atoms with E-state index < -0.39 is 125 Å². The number of pyridine rings is 2. The van der Waals surface area contributed by atoms with Gasteiger partial charge in [0.1, 0.15) is 11.1 Å². The number of alkyl halides is 9. The first-order valence-corrected chi connectivity index (χ1v) is 23.0. The smallest absolute Gasteiger partial charge is 0.479 e. The first kappa shape index (κ1) is 62.2. The van der Waals surface area contributed by atoms with E-state index in [9.17, 15) is 78.2 Å². The lowest BCUT2D eigenvalue weighted by Gasteiger charge is -2.33. The Morgan fingerprint density at radius 2 is 1.12 bits per heavy atom. The molecule has 32 heteroatoms. The fourth-order valence-electron chi connectivity index (χ4n) is 7.73. The molecule has 2 fully saturated rings. The van der Waals surface area contributed by atoms with Crippen molar-refractivity contribution in [1.82, 2.24) is 30.0 Å². The Hall–Kier alpha value is -8.65. The van der Waals surface area contributed by atoms with Gasteiger partial charge in [0.25, 0.3) is 11.8 Å². The van der Waals surface area contributed by atoms with Crippen LogP contribution >= 0.6 is 0 Å². The topological polar surface area (TPSA) is 274 Å². The number of hydrogen-bond donors (Lipinski definition) is 4. The summed E-state index contributed by atoms with van der Waals surface area (Å²) in [6, 6.07) is 9.24. The number of nitrogens with one attached hydrogen (secondary N) is 2. The van der Waals surface area contributed by atoms with Gasteiger partial charge in [0.15, 0.2) is 17.7 Å². The first-order valence-electron chi connectivity index (χ1n) is 23.0. The van der Waals surface area contributed by atoms with Crippen molar-refractivity contribution in [3.8, 4) is 11.5 Å². The summed E-state index contributed by atoms with van der Waals surface area (Å²) in [6.45, 7) is 3.58. The number of aliphatic carboxylic acids is 2. The largest absolute Gasteiger partial charge is 0.573 e. The average molecular weight is 1140 g/mol. The summed E-state index contributed by atoms with van der Waals surface area (Å²) in [5.41, 5.74) is -4.45. The molecule has 4 heterocycles. The van der Waals surface area contributed by atoms with Crippen molar-refractivity contribution >= 4 is 70.4 Å². The molecular formula is C48H49F9N10O13. The summed E-state index contributed by atoms with van der Waals surface area (Å²) in [5.74, 6) is -11.3. The number of carboxylic acid groups (broad SMARTS) is 2.